The molecule has 3 heterocycles. The molecule has 0 atom stereocenters. The summed E-state index contributed by atoms with van der Waals surface area (Å²) in [6, 6.07) is 0. The Morgan fingerprint density at radius 1 is 1.04 bits per heavy atom. The van der Waals surface area contributed by atoms with Crippen LogP contribution in [0.3, 0.4) is 0 Å². The molecule has 0 saturated heterocycles. The first-order valence-corrected chi connectivity index (χ1v) is 8.84. The van der Waals surface area contributed by atoms with E-state index in [1.54, 1.807) is 11.7 Å². The van der Waals surface area contributed by atoms with Gasteiger partial charge in [0.25, 0.3) is 5.56 Å². The molecule has 0 fully saturated rings. The number of rotatable bonds is 4. The number of aryl methyl sites for hydroxylation is 3. The van der Waals surface area contributed by atoms with Crippen LogP contribution in [0.15, 0.2) is 9.59 Å². The second-order valence-corrected chi connectivity index (χ2v) is 7.33. The molecule has 8 heteroatoms. The zero-order valence-corrected chi connectivity index (χ0v) is 16.5. The van der Waals surface area contributed by atoms with E-state index in [-0.39, 0.29) is 11.2 Å². The van der Waals surface area contributed by atoms with Gasteiger partial charge in [-0.15, -0.1) is 0 Å². The molecule has 0 aliphatic heterocycles. The lowest BCUT2D eigenvalue weighted by Gasteiger charge is -2.12. The van der Waals surface area contributed by atoms with Crippen molar-refractivity contribution in [1.82, 2.24) is 28.5 Å². The van der Waals surface area contributed by atoms with Crippen LogP contribution in [0.4, 0.5) is 0 Å². The van der Waals surface area contributed by atoms with E-state index < -0.39 is 0 Å². The van der Waals surface area contributed by atoms with Gasteiger partial charge in [-0.05, 0) is 38.7 Å². The lowest BCUT2D eigenvalue weighted by atomic mass is 10.1. The topological polar surface area (TPSA) is 79.6 Å². The van der Waals surface area contributed by atoms with Gasteiger partial charge in [0.2, 0.25) is 5.95 Å². The molecule has 26 heavy (non-hydrogen) atoms. The smallest absolute Gasteiger partial charge is 0.302 e. The van der Waals surface area contributed by atoms with Gasteiger partial charge in [-0.25, -0.2) is 9.48 Å². The number of hydrogen-bond donors (Lipinski definition) is 0. The summed E-state index contributed by atoms with van der Waals surface area (Å²) < 4.78 is 6.22. The quantitative estimate of drug-likeness (QED) is 0.709. The van der Waals surface area contributed by atoms with Crippen molar-refractivity contribution in [3.8, 4) is 5.95 Å². The van der Waals surface area contributed by atoms with E-state index in [2.05, 4.69) is 23.9 Å². The first kappa shape index (κ1) is 18.2. The maximum absolute atomic E-state index is 12.8. The highest BCUT2D eigenvalue weighted by Gasteiger charge is 2.22. The summed E-state index contributed by atoms with van der Waals surface area (Å²) in [6.45, 7) is 10.9. The van der Waals surface area contributed by atoms with Crippen molar-refractivity contribution < 1.29 is 0 Å². The Balaban J connectivity index is 2.42. The molecule has 0 spiro atoms. The van der Waals surface area contributed by atoms with Crippen LogP contribution >= 0.6 is 0 Å². The van der Waals surface area contributed by atoms with Gasteiger partial charge < -0.3 is 4.57 Å². The van der Waals surface area contributed by atoms with E-state index in [4.69, 9.17) is 0 Å². The van der Waals surface area contributed by atoms with Crippen molar-refractivity contribution >= 4 is 11.2 Å². The number of aromatic nitrogens is 6. The minimum atomic E-state index is -0.382. The molecule has 0 aliphatic carbocycles. The summed E-state index contributed by atoms with van der Waals surface area (Å²) >= 11 is 0. The third-order valence-electron chi connectivity index (χ3n) is 5.10. The molecule has 8 nitrogen and oxygen atoms in total. The highest BCUT2D eigenvalue weighted by Crippen LogP contribution is 2.21. The van der Waals surface area contributed by atoms with Gasteiger partial charge in [-0.1, -0.05) is 13.8 Å². The highest BCUT2D eigenvalue weighted by atomic mass is 16.2. The van der Waals surface area contributed by atoms with Crippen LogP contribution < -0.4 is 11.2 Å². The lowest BCUT2D eigenvalue weighted by Crippen LogP contribution is -2.37. The van der Waals surface area contributed by atoms with Crippen molar-refractivity contribution in [2.24, 2.45) is 20.0 Å². The van der Waals surface area contributed by atoms with Crippen LogP contribution in [0.25, 0.3) is 17.1 Å². The summed E-state index contributed by atoms with van der Waals surface area (Å²) in [4.78, 5) is 29.8. The molecule has 3 rings (SSSR count). The van der Waals surface area contributed by atoms with Gasteiger partial charge in [0, 0.05) is 26.3 Å². The van der Waals surface area contributed by atoms with Crippen LogP contribution in [-0.2, 0) is 20.6 Å². The monoisotopic (exact) mass is 358 g/mol. The summed E-state index contributed by atoms with van der Waals surface area (Å²) in [5.41, 5.74) is 3.11. The Morgan fingerprint density at radius 2 is 1.69 bits per heavy atom. The van der Waals surface area contributed by atoms with Crippen LogP contribution in [-0.4, -0.2) is 28.5 Å². The van der Waals surface area contributed by atoms with E-state index >= 15 is 0 Å². The Bertz CT molecular complexity index is 1110. The Morgan fingerprint density at radius 3 is 2.23 bits per heavy atom. The largest absolute Gasteiger partial charge is 0.332 e. The van der Waals surface area contributed by atoms with Crippen LogP contribution in [0.1, 0.15) is 37.2 Å². The summed E-state index contributed by atoms with van der Waals surface area (Å²) in [6.07, 6.45) is 0.892. The molecule has 3 aromatic heterocycles. The van der Waals surface area contributed by atoms with Gasteiger partial charge in [0.05, 0.1) is 5.69 Å². The van der Waals surface area contributed by atoms with Gasteiger partial charge in [0.1, 0.15) is 0 Å². The maximum Gasteiger partial charge on any atom is 0.332 e. The Labute approximate surface area is 151 Å². The average Bonchev–Trinajstić information content (AvgIpc) is 3.09. The minimum Gasteiger partial charge on any atom is -0.302 e. The van der Waals surface area contributed by atoms with Gasteiger partial charge >= 0.3 is 5.69 Å². The van der Waals surface area contributed by atoms with Crippen LogP contribution in [0.5, 0.6) is 0 Å². The molecule has 3 aromatic rings. The molecule has 140 valence electrons. The summed E-state index contributed by atoms with van der Waals surface area (Å²) in [5, 5.41) is 4.60. The zero-order valence-electron chi connectivity index (χ0n) is 16.5. The molecular formula is C18H26N6O2. The van der Waals surface area contributed by atoms with Crippen molar-refractivity contribution in [2.75, 3.05) is 0 Å². The molecule has 0 unspecified atom stereocenters. The third kappa shape index (κ3) is 2.60. The molecule has 0 N–H and O–H groups in total. The normalized spacial score (nSPS) is 11.8. The van der Waals surface area contributed by atoms with Crippen LogP contribution in [0, 0.1) is 26.7 Å². The van der Waals surface area contributed by atoms with Crippen LogP contribution in [0.2, 0.25) is 0 Å². The second kappa shape index (κ2) is 6.26. The Kier molecular flexibility index (Phi) is 4.37. The SMILES string of the molecule is Cc1nn(-c2nc3c(c(=O)n(C)c(=O)n3C)n2CCC(C)C)c(C)c1C. The predicted molar refractivity (Wildman–Crippen MR) is 101 cm³/mol. The fraction of sp³-hybridized carbons (Fsp3) is 0.556. The lowest BCUT2D eigenvalue weighted by molar-refractivity contribution is 0.512. The minimum absolute atomic E-state index is 0.330. The van der Waals surface area contributed by atoms with E-state index in [1.807, 2.05) is 25.3 Å². The van der Waals surface area contributed by atoms with E-state index in [0.29, 0.717) is 29.6 Å². The number of hydrogen-bond acceptors (Lipinski definition) is 4. The number of imidazole rings is 1. The molecule has 0 amide bonds. The second-order valence-electron chi connectivity index (χ2n) is 7.33. The third-order valence-corrected chi connectivity index (χ3v) is 5.10. The summed E-state index contributed by atoms with van der Waals surface area (Å²) in [7, 11) is 3.14. The van der Waals surface area contributed by atoms with Gasteiger partial charge in [0.15, 0.2) is 11.2 Å². The standard InChI is InChI=1S/C18H26N6O2/c1-10(2)8-9-23-14-15(21(6)18(26)22(7)16(14)25)19-17(23)24-13(5)11(3)12(4)20-24/h10H,8-9H2,1-7H3. The first-order chi connectivity index (χ1) is 12.1. The van der Waals surface area contributed by atoms with Crippen molar-refractivity contribution in [3.63, 3.8) is 0 Å². The zero-order chi connectivity index (χ0) is 19.3. The first-order valence-electron chi connectivity index (χ1n) is 8.84. The molecule has 0 aliphatic rings. The predicted octanol–water partition coefficient (Wildman–Crippen LogP) is 1.59. The number of nitrogens with zero attached hydrogens (tertiary/aromatic N) is 6. The average molecular weight is 358 g/mol. The van der Waals surface area contributed by atoms with E-state index in [0.717, 1.165) is 27.9 Å². The van der Waals surface area contributed by atoms with Crippen molar-refractivity contribution in [3.05, 3.63) is 37.8 Å². The molecule has 0 aromatic carbocycles. The van der Waals surface area contributed by atoms with E-state index in [9.17, 15) is 9.59 Å². The van der Waals surface area contributed by atoms with E-state index in [1.165, 1.54) is 11.6 Å². The molecular weight excluding hydrogens is 332 g/mol. The molecule has 0 bridgehead atoms. The Hall–Kier alpha value is -2.64. The highest BCUT2D eigenvalue weighted by molar-refractivity contribution is 5.72. The fourth-order valence-corrected chi connectivity index (χ4v) is 3.11. The van der Waals surface area contributed by atoms with Gasteiger partial charge in [-0.2, -0.15) is 10.1 Å². The summed E-state index contributed by atoms with van der Waals surface area (Å²) in [5.74, 6) is 1.05. The fourth-order valence-electron chi connectivity index (χ4n) is 3.11. The molecule has 0 saturated carbocycles. The number of fused-ring (bicyclic) bond motifs is 1. The van der Waals surface area contributed by atoms with Crippen molar-refractivity contribution in [1.29, 1.82) is 0 Å². The van der Waals surface area contributed by atoms with Gasteiger partial charge in [-0.3, -0.25) is 13.9 Å². The molecule has 0 radical (unpaired) electrons. The maximum atomic E-state index is 12.8. The van der Waals surface area contributed by atoms with Crippen molar-refractivity contribution in [2.45, 2.75) is 47.6 Å².